The van der Waals surface area contributed by atoms with Crippen LogP contribution in [0, 0.1) is 0 Å². The summed E-state index contributed by atoms with van der Waals surface area (Å²) in [4.78, 5) is 0. The molecule has 2 aliphatic heterocycles. The first-order chi connectivity index (χ1) is 11.1. The Hall–Kier alpha value is -1.71. The predicted molar refractivity (Wildman–Crippen MR) is 91.5 cm³/mol. The van der Waals surface area contributed by atoms with E-state index >= 15 is 0 Å². The Morgan fingerprint density at radius 1 is 1.26 bits per heavy atom. The Morgan fingerprint density at radius 3 is 2.91 bits per heavy atom. The van der Waals surface area contributed by atoms with Crippen LogP contribution in [0.5, 0.6) is 11.5 Å². The molecule has 0 spiro atoms. The van der Waals surface area contributed by atoms with E-state index in [1.807, 2.05) is 36.4 Å². The molecule has 2 aliphatic rings. The highest BCUT2D eigenvalue weighted by Crippen LogP contribution is 2.45. The molecule has 1 saturated heterocycles. The van der Waals surface area contributed by atoms with Gasteiger partial charge in [0.1, 0.15) is 24.7 Å². The number of ether oxygens (including phenoxy) is 2. The minimum Gasteiger partial charge on any atom is -0.491 e. The fourth-order valence-electron chi connectivity index (χ4n) is 3.59. The number of halogens is 1. The van der Waals surface area contributed by atoms with Gasteiger partial charge in [-0.05, 0) is 55.8 Å². The summed E-state index contributed by atoms with van der Waals surface area (Å²) in [6, 6.07) is 13.9. The fraction of sp³-hybridized carbons (Fsp3) is 0.368. The zero-order valence-corrected chi connectivity index (χ0v) is 13.9. The zero-order chi connectivity index (χ0) is 15.9. The van der Waals surface area contributed by atoms with Crippen LogP contribution < -0.4 is 14.8 Å². The molecule has 2 aromatic rings. The minimum absolute atomic E-state index is 0.0435. The Kier molecular flexibility index (Phi) is 3.70. The van der Waals surface area contributed by atoms with Gasteiger partial charge >= 0.3 is 0 Å². The topological polar surface area (TPSA) is 30.5 Å². The standard InChI is InChI=1S/C19H20ClNO2/c1-19-12-23-18-7-6-15(10-16(18)17(19)8-9-21-19)22-11-13-2-4-14(20)5-3-13/h2-7,10,17,21H,8-9,11-12H2,1H3/t17-,19+/m1/s1. The smallest absolute Gasteiger partial charge is 0.123 e. The van der Waals surface area contributed by atoms with Crippen molar-refractivity contribution >= 4 is 11.6 Å². The van der Waals surface area contributed by atoms with Crippen LogP contribution >= 0.6 is 11.6 Å². The predicted octanol–water partition coefficient (Wildman–Crippen LogP) is 4.15. The molecule has 2 aromatic carbocycles. The van der Waals surface area contributed by atoms with Crippen molar-refractivity contribution in [2.45, 2.75) is 31.4 Å². The van der Waals surface area contributed by atoms with Gasteiger partial charge in [-0.15, -0.1) is 0 Å². The second-order valence-electron chi connectivity index (χ2n) is 6.59. The van der Waals surface area contributed by atoms with E-state index in [1.165, 1.54) is 5.56 Å². The van der Waals surface area contributed by atoms with Gasteiger partial charge in [-0.3, -0.25) is 0 Å². The summed E-state index contributed by atoms with van der Waals surface area (Å²) in [5, 5.41) is 4.32. The molecule has 3 nitrogen and oxygen atoms in total. The molecular weight excluding hydrogens is 310 g/mol. The van der Waals surface area contributed by atoms with Crippen LogP contribution in [-0.2, 0) is 6.61 Å². The second-order valence-corrected chi connectivity index (χ2v) is 7.03. The van der Waals surface area contributed by atoms with E-state index in [-0.39, 0.29) is 5.54 Å². The molecular formula is C19H20ClNO2. The molecule has 23 heavy (non-hydrogen) atoms. The summed E-state index contributed by atoms with van der Waals surface area (Å²) in [7, 11) is 0. The molecule has 0 amide bonds. The molecule has 1 N–H and O–H groups in total. The van der Waals surface area contributed by atoms with E-state index in [0.29, 0.717) is 12.5 Å². The van der Waals surface area contributed by atoms with Gasteiger partial charge in [0.2, 0.25) is 0 Å². The lowest BCUT2D eigenvalue weighted by atomic mass is 9.80. The summed E-state index contributed by atoms with van der Waals surface area (Å²) in [5.74, 6) is 2.37. The lowest BCUT2D eigenvalue weighted by molar-refractivity contribution is 0.170. The van der Waals surface area contributed by atoms with Crippen LogP contribution in [0.15, 0.2) is 42.5 Å². The number of nitrogens with one attached hydrogen (secondary N) is 1. The summed E-state index contributed by atoms with van der Waals surface area (Å²) < 4.78 is 11.9. The van der Waals surface area contributed by atoms with Crippen LogP contribution in [0.2, 0.25) is 5.02 Å². The summed E-state index contributed by atoms with van der Waals surface area (Å²) >= 11 is 5.91. The third-order valence-corrected chi connectivity index (χ3v) is 5.19. The molecule has 0 bridgehead atoms. The lowest BCUT2D eigenvalue weighted by Gasteiger charge is -2.37. The first-order valence-corrected chi connectivity index (χ1v) is 8.41. The van der Waals surface area contributed by atoms with Gasteiger partial charge in [-0.2, -0.15) is 0 Å². The number of rotatable bonds is 3. The molecule has 1 fully saturated rings. The quantitative estimate of drug-likeness (QED) is 0.917. The van der Waals surface area contributed by atoms with Crippen molar-refractivity contribution in [1.29, 1.82) is 0 Å². The molecule has 2 heterocycles. The Labute approximate surface area is 141 Å². The number of fused-ring (bicyclic) bond motifs is 3. The summed E-state index contributed by atoms with van der Waals surface area (Å²) in [6.45, 7) is 4.56. The van der Waals surface area contributed by atoms with E-state index in [2.05, 4.69) is 18.3 Å². The van der Waals surface area contributed by atoms with Gasteiger partial charge in [0, 0.05) is 16.5 Å². The maximum Gasteiger partial charge on any atom is 0.123 e. The molecule has 4 rings (SSSR count). The molecule has 2 atom stereocenters. The SMILES string of the molecule is C[C@]12COc3ccc(OCc4ccc(Cl)cc4)cc3[C@H]1CCN2. The lowest BCUT2D eigenvalue weighted by Crippen LogP contribution is -2.48. The normalized spacial score (nSPS) is 25.4. The first kappa shape index (κ1) is 14.9. The van der Waals surface area contributed by atoms with Crippen molar-refractivity contribution in [2.75, 3.05) is 13.2 Å². The third kappa shape index (κ3) is 2.79. The number of benzene rings is 2. The molecule has 0 radical (unpaired) electrons. The van der Waals surface area contributed by atoms with E-state index in [1.54, 1.807) is 0 Å². The van der Waals surface area contributed by atoms with E-state index in [4.69, 9.17) is 21.1 Å². The average molecular weight is 330 g/mol. The highest BCUT2D eigenvalue weighted by molar-refractivity contribution is 6.30. The van der Waals surface area contributed by atoms with Gasteiger partial charge in [0.15, 0.2) is 0 Å². The minimum atomic E-state index is 0.0435. The van der Waals surface area contributed by atoms with Crippen LogP contribution in [0.1, 0.15) is 30.4 Å². The van der Waals surface area contributed by atoms with Gasteiger partial charge < -0.3 is 14.8 Å². The van der Waals surface area contributed by atoms with E-state index in [9.17, 15) is 0 Å². The first-order valence-electron chi connectivity index (χ1n) is 8.03. The zero-order valence-electron chi connectivity index (χ0n) is 13.1. The third-order valence-electron chi connectivity index (χ3n) is 4.93. The van der Waals surface area contributed by atoms with Gasteiger partial charge in [0.05, 0.1) is 5.54 Å². The van der Waals surface area contributed by atoms with Crippen LogP contribution in [-0.4, -0.2) is 18.7 Å². The maximum absolute atomic E-state index is 5.96. The van der Waals surface area contributed by atoms with Crippen LogP contribution in [0.4, 0.5) is 0 Å². The van der Waals surface area contributed by atoms with Crippen molar-refractivity contribution in [3.8, 4) is 11.5 Å². The van der Waals surface area contributed by atoms with Crippen molar-refractivity contribution in [2.24, 2.45) is 0 Å². The largest absolute Gasteiger partial charge is 0.491 e. The highest BCUT2D eigenvalue weighted by atomic mass is 35.5. The molecule has 0 aliphatic carbocycles. The Morgan fingerprint density at radius 2 is 2.09 bits per heavy atom. The number of hydrogen-bond donors (Lipinski definition) is 1. The van der Waals surface area contributed by atoms with Crippen molar-refractivity contribution in [3.05, 3.63) is 58.6 Å². The van der Waals surface area contributed by atoms with Crippen molar-refractivity contribution in [1.82, 2.24) is 5.32 Å². The van der Waals surface area contributed by atoms with Crippen molar-refractivity contribution < 1.29 is 9.47 Å². The fourth-order valence-corrected chi connectivity index (χ4v) is 3.72. The molecule has 4 heteroatoms. The molecule has 0 aromatic heterocycles. The Balaban J connectivity index is 1.54. The van der Waals surface area contributed by atoms with Gasteiger partial charge in [0.25, 0.3) is 0 Å². The van der Waals surface area contributed by atoms with E-state index < -0.39 is 0 Å². The molecule has 0 unspecified atom stereocenters. The second kappa shape index (κ2) is 5.73. The van der Waals surface area contributed by atoms with Crippen LogP contribution in [0.25, 0.3) is 0 Å². The monoisotopic (exact) mass is 329 g/mol. The molecule has 120 valence electrons. The summed E-state index contributed by atoms with van der Waals surface area (Å²) in [6.07, 6.45) is 1.15. The van der Waals surface area contributed by atoms with Gasteiger partial charge in [-0.25, -0.2) is 0 Å². The van der Waals surface area contributed by atoms with Crippen LogP contribution in [0.3, 0.4) is 0 Å². The summed E-state index contributed by atoms with van der Waals surface area (Å²) in [5.41, 5.74) is 2.41. The maximum atomic E-state index is 5.96. The Bertz CT molecular complexity index is 716. The molecule has 0 saturated carbocycles. The number of hydrogen-bond acceptors (Lipinski definition) is 3. The van der Waals surface area contributed by atoms with E-state index in [0.717, 1.165) is 41.7 Å². The van der Waals surface area contributed by atoms with Crippen molar-refractivity contribution in [3.63, 3.8) is 0 Å². The highest BCUT2D eigenvalue weighted by Gasteiger charge is 2.44. The van der Waals surface area contributed by atoms with Gasteiger partial charge in [-0.1, -0.05) is 23.7 Å². The average Bonchev–Trinajstić information content (AvgIpc) is 2.96.